The Hall–Kier alpha value is -6.76. The van der Waals surface area contributed by atoms with E-state index in [0.717, 1.165) is 61.9 Å². The predicted molar refractivity (Wildman–Crippen MR) is 213 cm³/mol. The highest BCUT2D eigenvalue weighted by Gasteiger charge is 2.50. The molecule has 3 aromatic heterocycles. The van der Waals surface area contributed by atoms with Crippen LogP contribution >= 0.6 is 0 Å². The number of ether oxygens (including phenoxy) is 1. The molecule has 0 saturated heterocycles. The number of furan rings is 1. The highest BCUT2D eigenvalue weighted by molar-refractivity contribution is 7.21. The molecule has 0 fully saturated rings. The van der Waals surface area contributed by atoms with Gasteiger partial charge in [0.15, 0.2) is 8.07 Å². The number of para-hydroxylation sites is 1. The van der Waals surface area contributed by atoms with E-state index in [9.17, 15) is 0 Å². The molecule has 0 N–H and O–H groups in total. The summed E-state index contributed by atoms with van der Waals surface area (Å²) >= 11 is 0. The van der Waals surface area contributed by atoms with Crippen molar-refractivity contribution in [2.75, 3.05) is 4.90 Å². The van der Waals surface area contributed by atoms with Gasteiger partial charge in [-0.1, -0.05) is 115 Å². The zero-order valence-corrected chi connectivity index (χ0v) is 29.1. The number of aromatic nitrogens is 2. The van der Waals surface area contributed by atoms with Crippen molar-refractivity contribution in [1.29, 1.82) is 0 Å². The number of benzene rings is 6. The molecule has 0 unspecified atom stereocenters. The molecule has 0 atom stereocenters. The third kappa shape index (κ3) is 4.69. The second kappa shape index (κ2) is 12.2. The minimum absolute atomic E-state index is 0.721. The highest BCUT2D eigenvalue weighted by Crippen LogP contribution is 2.45. The summed E-state index contributed by atoms with van der Waals surface area (Å²) in [5.41, 5.74) is 5.62. The maximum Gasteiger partial charge on any atom is 0.186 e. The zero-order chi connectivity index (χ0) is 34.5. The molecule has 246 valence electrons. The normalized spacial score (nSPS) is 13.1. The molecule has 6 aromatic carbocycles. The van der Waals surface area contributed by atoms with Gasteiger partial charge in [-0.15, -0.1) is 0 Å². The van der Waals surface area contributed by atoms with Gasteiger partial charge in [0, 0.05) is 29.4 Å². The summed E-state index contributed by atoms with van der Waals surface area (Å²) in [6.45, 7) is 0. The largest absolute Gasteiger partial charge is 0.457 e. The molecule has 0 amide bonds. The maximum atomic E-state index is 6.59. The van der Waals surface area contributed by atoms with E-state index in [4.69, 9.17) is 14.1 Å². The molecule has 0 radical (unpaired) electrons. The Morgan fingerprint density at radius 2 is 1.23 bits per heavy atom. The number of hydrogen-bond donors (Lipinski definition) is 0. The van der Waals surface area contributed by atoms with E-state index in [1.165, 1.54) is 20.7 Å². The fourth-order valence-corrected chi connectivity index (χ4v) is 13.0. The number of fused-ring (bicyclic) bond motifs is 6. The van der Waals surface area contributed by atoms with Gasteiger partial charge in [0.05, 0.1) is 22.5 Å². The number of nitrogens with zero attached hydrogens (tertiary/aromatic N) is 3. The van der Waals surface area contributed by atoms with Crippen LogP contribution in [0.3, 0.4) is 0 Å². The molecule has 0 saturated carbocycles. The van der Waals surface area contributed by atoms with E-state index in [1.807, 2.05) is 67.0 Å². The summed E-state index contributed by atoms with van der Waals surface area (Å²) in [6.07, 6.45) is 3.71. The Labute approximate surface area is 302 Å². The molecule has 1 aliphatic heterocycles. The smallest absolute Gasteiger partial charge is 0.186 e. The van der Waals surface area contributed by atoms with Gasteiger partial charge in [0.2, 0.25) is 0 Å². The van der Waals surface area contributed by atoms with Crippen molar-refractivity contribution < 1.29 is 9.15 Å². The highest BCUT2D eigenvalue weighted by atomic mass is 28.3. The summed E-state index contributed by atoms with van der Waals surface area (Å²) in [5.74, 6) is 2.36. The molecule has 10 rings (SSSR count). The molecule has 4 heterocycles. The Morgan fingerprint density at radius 3 is 2.02 bits per heavy atom. The molecule has 0 spiro atoms. The minimum atomic E-state index is -2.92. The minimum Gasteiger partial charge on any atom is -0.457 e. The molecule has 52 heavy (non-hydrogen) atoms. The van der Waals surface area contributed by atoms with E-state index in [2.05, 4.69) is 131 Å². The van der Waals surface area contributed by atoms with Gasteiger partial charge in [-0.3, -0.25) is 9.88 Å². The van der Waals surface area contributed by atoms with Gasteiger partial charge in [0.1, 0.15) is 28.5 Å². The van der Waals surface area contributed by atoms with Crippen molar-refractivity contribution >= 4 is 68.0 Å². The van der Waals surface area contributed by atoms with Crippen LogP contribution in [0.25, 0.3) is 33.2 Å². The van der Waals surface area contributed by atoms with Crippen LogP contribution in [-0.2, 0) is 0 Å². The number of hydrogen-bond acceptors (Lipinski definition) is 5. The second-order valence-corrected chi connectivity index (χ2v) is 16.7. The van der Waals surface area contributed by atoms with Crippen molar-refractivity contribution in [3.05, 3.63) is 188 Å². The van der Waals surface area contributed by atoms with Crippen LogP contribution < -0.4 is 30.4 Å². The summed E-state index contributed by atoms with van der Waals surface area (Å²) in [5, 5.41) is 7.24. The van der Waals surface area contributed by atoms with E-state index >= 15 is 0 Å². The van der Waals surface area contributed by atoms with Gasteiger partial charge >= 0.3 is 0 Å². The zero-order valence-electron chi connectivity index (χ0n) is 28.1. The van der Waals surface area contributed by atoms with Crippen molar-refractivity contribution in [2.24, 2.45) is 0 Å². The standard InChI is InChI=1S/C46H31N3O2Si/c1-3-18-36(19-4-1)52(37-20-5-2-6-21-37)42-27-26-41-44(38-22-7-8-24-40(38)51-41)45(42)49(46-43(52)25-13-29-48-46)33-15-12-17-35(31-33)50-34-16-11-14-32(30-34)39-23-9-10-28-47-39/h1-31H. The second-order valence-electron chi connectivity index (χ2n) is 13.0. The Kier molecular flexibility index (Phi) is 7.08. The Bertz CT molecular complexity index is 2690. The SMILES string of the molecule is c1ccc([Si]2(c3ccccc3)c3cccnc3N(c3cccc(Oc4cccc(-c5ccccn5)c4)c3)c3c2ccc2oc4ccccc4c32)cc1. The fraction of sp³-hybridized carbons (Fsp3) is 0. The topological polar surface area (TPSA) is 51.4 Å². The van der Waals surface area contributed by atoms with E-state index in [0.29, 0.717) is 0 Å². The van der Waals surface area contributed by atoms with Crippen LogP contribution in [0, 0.1) is 0 Å². The third-order valence-electron chi connectivity index (χ3n) is 10.1. The maximum absolute atomic E-state index is 6.59. The average molecular weight is 686 g/mol. The first-order valence-corrected chi connectivity index (χ1v) is 19.4. The van der Waals surface area contributed by atoms with Gasteiger partial charge in [-0.05, 0) is 75.3 Å². The van der Waals surface area contributed by atoms with Crippen LogP contribution in [0.1, 0.15) is 0 Å². The van der Waals surface area contributed by atoms with Gasteiger partial charge < -0.3 is 9.15 Å². The van der Waals surface area contributed by atoms with Crippen LogP contribution in [0.5, 0.6) is 11.5 Å². The first kappa shape index (κ1) is 30.1. The van der Waals surface area contributed by atoms with E-state index in [-0.39, 0.29) is 0 Å². The van der Waals surface area contributed by atoms with Gasteiger partial charge in [0.25, 0.3) is 0 Å². The number of anilines is 3. The summed E-state index contributed by atoms with van der Waals surface area (Å²) in [6, 6.07) is 61.4. The molecule has 6 heteroatoms. The number of rotatable bonds is 6. The van der Waals surface area contributed by atoms with E-state index < -0.39 is 8.07 Å². The lowest BCUT2D eigenvalue weighted by atomic mass is 10.1. The van der Waals surface area contributed by atoms with Crippen molar-refractivity contribution in [2.45, 2.75) is 0 Å². The van der Waals surface area contributed by atoms with Crippen molar-refractivity contribution in [1.82, 2.24) is 9.97 Å². The van der Waals surface area contributed by atoms with Gasteiger partial charge in [-0.2, -0.15) is 0 Å². The Morgan fingerprint density at radius 1 is 0.519 bits per heavy atom. The third-order valence-corrected chi connectivity index (χ3v) is 14.9. The summed E-state index contributed by atoms with van der Waals surface area (Å²) < 4.78 is 13.1. The summed E-state index contributed by atoms with van der Waals surface area (Å²) in [4.78, 5) is 12.1. The van der Waals surface area contributed by atoms with Crippen molar-refractivity contribution in [3.63, 3.8) is 0 Å². The average Bonchev–Trinajstić information content (AvgIpc) is 3.60. The van der Waals surface area contributed by atoms with Crippen LogP contribution in [-0.4, -0.2) is 18.0 Å². The first-order valence-electron chi connectivity index (χ1n) is 17.4. The van der Waals surface area contributed by atoms with Crippen LogP contribution in [0.4, 0.5) is 17.2 Å². The predicted octanol–water partition coefficient (Wildman–Crippen LogP) is 9.00. The molecule has 0 aliphatic carbocycles. The molecule has 9 aromatic rings. The van der Waals surface area contributed by atoms with Gasteiger partial charge in [-0.25, -0.2) is 4.98 Å². The number of pyridine rings is 2. The monoisotopic (exact) mass is 685 g/mol. The molecule has 0 bridgehead atoms. The molecule has 5 nitrogen and oxygen atoms in total. The molecular weight excluding hydrogens is 655 g/mol. The lowest BCUT2D eigenvalue weighted by Gasteiger charge is -2.44. The lowest BCUT2D eigenvalue weighted by Crippen LogP contribution is -2.77. The molecular formula is C46H31N3O2Si. The van der Waals surface area contributed by atoms with Crippen LogP contribution in [0.15, 0.2) is 193 Å². The van der Waals surface area contributed by atoms with Crippen LogP contribution in [0.2, 0.25) is 0 Å². The molecule has 1 aliphatic rings. The lowest BCUT2D eigenvalue weighted by molar-refractivity contribution is 0.483. The fourth-order valence-electron chi connectivity index (χ4n) is 7.94. The summed E-state index contributed by atoms with van der Waals surface area (Å²) in [7, 11) is -2.92. The quantitative estimate of drug-likeness (QED) is 0.164. The van der Waals surface area contributed by atoms with Crippen molar-refractivity contribution in [3.8, 4) is 22.8 Å². The first-order chi connectivity index (χ1) is 25.8. The Balaban J connectivity index is 1.23. The van der Waals surface area contributed by atoms with E-state index in [1.54, 1.807) is 0 Å².